The van der Waals surface area contributed by atoms with Gasteiger partial charge in [0, 0.05) is 17.5 Å². The van der Waals surface area contributed by atoms with Crippen molar-refractivity contribution in [1.29, 1.82) is 0 Å². The number of nitro benzene ring substituents is 1. The molecule has 0 spiro atoms. The average molecular weight is 418 g/mol. The summed E-state index contributed by atoms with van der Waals surface area (Å²) in [7, 11) is 0. The summed E-state index contributed by atoms with van der Waals surface area (Å²) in [6.07, 6.45) is 5.25. The second-order valence-electron chi connectivity index (χ2n) is 6.25. The van der Waals surface area contributed by atoms with Crippen LogP contribution in [-0.2, 0) is 4.79 Å². The number of nitrogens with zero attached hydrogens (tertiary/aromatic N) is 2. The maximum atomic E-state index is 13.0. The van der Waals surface area contributed by atoms with Crippen LogP contribution in [0.2, 0.25) is 0 Å². The molecule has 7 heteroatoms. The molecule has 1 heterocycles. The Hall–Kier alpha value is -3.29. The topological polar surface area (TPSA) is 63.4 Å². The summed E-state index contributed by atoms with van der Waals surface area (Å²) >= 11 is 6.72. The predicted molar refractivity (Wildman–Crippen MR) is 122 cm³/mol. The minimum atomic E-state index is -0.438. The van der Waals surface area contributed by atoms with E-state index in [0.29, 0.717) is 9.23 Å². The second-order valence-corrected chi connectivity index (χ2v) is 7.92. The standard InChI is InChI=1S/C22H14N2O3S2/c25-21-20(10-3-5-15-11-13-17(14-12-15)24(26)27)29-22(28)23(21)19-9-4-7-16-6-1-2-8-18(16)19/h1-14H/b5-3+,20-10+. The molecule has 0 aromatic heterocycles. The lowest BCUT2D eigenvalue weighted by atomic mass is 10.1. The minimum Gasteiger partial charge on any atom is -0.268 e. The molecule has 3 aromatic carbocycles. The number of thioether (sulfide) groups is 1. The molecule has 1 amide bonds. The smallest absolute Gasteiger partial charge is 0.268 e. The summed E-state index contributed by atoms with van der Waals surface area (Å²) in [5, 5.41) is 12.7. The van der Waals surface area contributed by atoms with E-state index in [4.69, 9.17) is 12.2 Å². The highest BCUT2D eigenvalue weighted by atomic mass is 32.2. The van der Waals surface area contributed by atoms with Gasteiger partial charge in [-0.25, -0.2) is 0 Å². The number of amides is 1. The van der Waals surface area contributed by atoms with Crippen molar-refractivity contribution >= 4 is 62.4 Å². The second kappa shape index (κ2) is 7.98. The third-order valence-electron chi connectivity index (χ3n) is 4.44. The molecule has 0 atom stereocenters. The number of allylic oxidation sites excluding steroid dienone is 2. The van der Waals surface area contributed by atoms with Crippen LogP contribution < -0.4 is 4.90 Å². The first-order chi connectivity index (χ1) is 14.0. The molecule has 142 valence electrons. The van der Waals surface area contributed by atoms with Crippen molar-refractivity contribution in [2.24, 2.45) is 0 Å². The molecule has 0 saturated carbocycles. The quantitative estimate of drug-likeness (QED) is 0.235. The largest absolute Gasteiger partial charge is 0.270 e. The van der Waals surface area contributed by atoms with E-state index in [1.165, 1.54) is 23.9 Å². The first kappa shape index (κ1) is 19.0. The van der Waals surface area contributed by atoms with E-state index in [1.54, 1.807) is 35.3 Å². The Morgan fingerprint density at radius 2 is 1.72 bits per heavy atom. The molecule has 0 N–H and O–H groups in total. The van der Waals surface area contributed by atoms with Crippen LogP contribution in [0.25, 0.3) is 16.8 Å². The summed E-state index contributed by atoms with van der Waals surface area (Å²) in [5.74, 6) is -0.162. The summed E-state index contributed by atoms with van der Waals surface area (Å²) in [6.45, 7) is 0. The first-order valence-electron chi connectivity index (χ1n) is 8.71. The zero-order chi connectivity index (χ0) is 20.4. The van der Waals surface area contributed by atoms with Crippen LogP contribution in [-0.4, -0.2) is 15.2 Å². The van der Waals surface area contributed by atoms with Gasteiger partial charge in [-0.1, -0.05) is 72.5 Å². The van der Waals surface area contributed by atoms with Gasteiger partial charge in [0.1, 0.15) is 0 Å². The molecule has 0 bridgehead atoms. The van der Waals surface area contributed by atoms with Gasteiger partial charge in [0.05, 0.1) is 15.5 Å². The molecule has 1 saturated heterocycles. The van der Waals surface area contributed by atoms with Crippen molar-refractivity contribution in [1.82, 2.24) is 0 Å². The maximum absolute atomic E-state index is 13.0. The molecule has 5 nitrogen and oxygen atoms in total. The van der Waals surface area contributed by atoms with Gasteiger partial charge in [-0.3, -0.25) is 19.8 Å². The summed E-state index contributed by atoms with van der Waals surface area (Å²) in [5.41, 5.74) is 1.61. The maximum Gasteiger partial charge on any atom is 0.270 e. The molecule has 1 aliphatic rings. The third kappa shape index (κ3) is 3.83. The number of nitro groups is 1. The predicted octanol–water partition coefficient (Wildman–Crippen LogP) is 5.71. The van der Waals surface area contributed by atoms with E-state index >= 15 is 0 Å². The van der Waals surface area contributed by atoms with Crippen LogP contribution in [0.3, 0.4) is 0 Å². The number of hydrogen-bond donors (Lipinski definition) is 0. The fraction of sp³-hybridized carbons (Fsp3) is 0. The molecule has 0 aliphatic carbocycles. The van der Waals surface area contributed by atoms with E-state index in [-0.39, 0.29) is 11.6 Å². The molecule has 1 fully saturated rings. The van der Waals surface area contributed by atoms with Crippen LogP contribution in [0.5, 0.6) is 0 Å². The number of benzene rings is 3. The zero-order valence-corrected chi connectivity index (χ0v) is 16.7. The van der Waals surface area contributed by atoms with Crippen molar-refractivity contribution in [3.8, 4) is 0 Å². The van der Waals surface area contributed by atoms with Crippen molar-refractivity contribution in [2.45, 2.75) is 0 Å². The Bertz CT molecular complexity index is 1190. The van der Waals surface area contributed by atoms with Crippen molar-refractivity contribution in [3.63, 3.8) is 0 Å². The Labute approximate surface area is 176 Å². The van der Waals surface area contributed by atoms with Crippen LogP contribution in [0.15, 0.2) is 83.8 Å². The molecule has 0 unspecified atom stereocenters. The Morgan fingerprint density at radius 3 is 2.48 bits per heavy atom. The fourth-order valence-corrected chi connectivity index (χ4v) is 4.28. The van der Waals surface area contributed by atoms with E-state index in [2.05, 4.69) is 0 Å². The van der Waals surface area contributed by atoms with E-state index in [1.807, 2.05) is 42.5 Å². The van der Waals surface area contributed by atoms with Gasteiger partial charge in [-0.2, -0.15) is 0 Å². The van der Waals surface area contributed by atoms with Crippen molar-refractivity contribution in [2.75, 3.05) is 4.90 Å². The highest BCUT2D eigenvalue weighted by Gasteiger charge is 2.33. The lowest BCUT2D eigenvalue weighted by Gasteiger charge is -2.17. The van der Waals surface area contributed by atoms with Crippen LogP contribution in [0, 0.1) is 10.1 Å². The van der Waals surface area contributed by atoms with Gasteiger partial charge in [0.25, 0.3) is 11.6 Å². The molecule has 0 radical (unpaired) electrons. The van der Waals surface area contributed by atoms with Crippen LogP contribution >= 0.6 is 24.0 Å². The van der Waals surface area contributed by atoms with Crippen LogP contribution in [0.1, 0.15) is 5.56 Å². The number of carbonyl (C=O) groups excluding carboxylic acids is 1. The summed E-state index contributed by atoms with van der Waals surface area (Å²) in [6, 6.07) is 19.9. The number of anilines is 1. The van der Waals surface area contributed by atoms with Gasteiger partial charge in [0.2, 0.25) is 0 Å². The van der Waals surface area contributed by atoms with Crippen LogP contribution in [0.4, 0.5) is 11.4 Å². The number of carbonyl (C=O) groups is 1. The SMILES string of the molecule is O=C1/C(=C\C=C\c2ccc([N+](=O)[O-])cc2)SC(=S)N1c1cccc2ccccc12. The lowest BCUT2D eigenvalue weighted by Crippen LogP contribution is -2.27. The van der Waals surface area contributed by atoms with E-state index in [9.17, 15) is 14.9 Å². The Morgan fingerprint density at radius 1 is 1.00 bits per heavy atom. The zero-order valence-electron chi connectivity index (χ0n) is 15.0. The Balaban J connectivity index is 1.58. The van der Waals surface area contributed by atoms with Gasteiger partial charge in [-0.05, 0) is 35.2 Å². The Kier molecular flexibility index (Phi) is 5.24. The average Bonchev–Trinajstić information content (AvgIpc) is 3.01. The fourth-order valence-electron chi connectivity index (χ4n) is 3.05. The monoisotopic (exact) mass is 418 g/mol. The number of non-ortho nitro benzene ring substituents is 1. The third-order valence-corrected chi connectivity index (χ3v) is 5.76. The normalized spacial score (nSPS) is 15.7. The van der Waals surface area contributed by atoms with Gasteiger partial charge in [0.15, 0.2) is 4.32 Å². The molecule has 1 aliphatic heterocycles. The summed E-state index contributed by atoms with van der Waals surface area (Å²) in [4.78, 5) is 25.3. The molecular weight excluding hydrogens is 404 g/mol. The van der Waals surface area contributed by atoms with Gasteiger partial charge >= 0.3 is 0 Å². The van der Waals surface area contributed by atoms with Gasteiger partial charge < -0.3 is 0 Å². The van der Waals surface area contributed by atoms with Gasteiger partial charge in [-0.15, -0.1) is 0 Å². The van der Waals surface area contributed by atoms with E-state index in [0.717, 1.165) is 22.0 Å². The van der Waals surface area contributed by atoms with Crippen molar-refractivity contribution < 1.29 is 9.72 Å². The molecule has 4 rings (SSSR count). The first-order valence-corrected chi connectivity index (χ1v) is 9.94. The number of fused-ring (bicyclic) bond motifs is 1. The molecule has 3 aromatic rings. The van der Waals surface area contributed by atoms with E-state index < -0.39 is 4.92 Å². The number of thiocarbonyl (C=S) groups is 1. The lowest BCUT2D eigenvalue weighted by molar-refractivity contribution is -0.384. The number of hydrogen-bond acceptors (Lipinski definition) is 5. The molecule has 29 heavy (non-hydrogen) atoms. The summed E-state index contributed by atoms with van der Waals surface area (Å²) < 4.78 is 0.487. The number of rotatable bonds is 4. The minimum absolute atomic E-state index is 0.0399. The highest BCUT2D eigenvalue weighted by molar-refractivity contribution is 8.27. The van der Waals surface area contributed by atoms with Crippen molar-refractivity contribution in [3.05, 3.63) is 99.5 Å². The highest BCUT2D eigenvalue weighted by Crippen LogP contribution is 2.38. The molecular formula is C22H14N2O3S2.